The Hall–Kier alpha value is -5.01. The standard InChI is InChI=1S/C26H21F4N7O3/c1-13(27)23(38)34-16-6-3-14(4-7-16)20-19(21-22(31)32-12-33-37(21)36-20)15-5-8-17(18(11-15)40-2)24(39)35-25(9-10-25)26(28,29)30/h3-8,11-12H,1,9-10H2,2H3,(H,34,38)(H,35,39)(H2,31,32,33). The van der Waals surface area contributed by atoms with Crippen LogP contribution in [0.2, 0.25) is 0 Å². The van der Waals surface area contributed by atoms with Gasteiger partial charge in [-0.05, 0) is 42.7 Å². The van der Waals surface area contributed by atoms with E-state index in [1.54, 1.807) is 12.1 Å². The van der Waals surface area contributed by atoms with Crippen LogP contribution in [0.15, 0.2) is 61.2 Å². The van der Waals surface area contributed by atoms with Crippen molar-refractivity contribution in [3.63, 3.8) is 0 Å². The lowest BCUT2D eigenvalue weighted by Gasteiger charge is -2.21. The fourth-order valence-corrected chi connectivity index (χ4v) is 4.23. The van der Waals surface area contributed by atoms with Crippen molar-refractivity contribution in [2.24, 2.45) is 0 Å². The van der Waals surface area contributed by atoms with Gasteiger partial charge < -0.3 is 21.1 Å². The van der Waals surface area contributed by atoms with Crippen molar-refractivity contribution in [3.8, 4) is 28.1 Å². The smallest absolute Gasteiger partial charge is 0.411 e. The first kappa shape index (κ1) is 26.6. The lowest BCUT2D eigenvalue weighted by atomic mass is 9.97. The van der Waals surface area contributed by atoms with E-state index in [0.29, 0.717) is 33.6 Å². The minimum atomic E-state index is -4.57. The summed E-state index contributed by atoms with van der Waals surface area (Å²) >= 11 is 0. The Morgan fingerprint density at radius 2 is 1.80 bits per heavy atom. The van der Waals surface area contributed by atoms with Crippen LogP contribution >= 0.6 is 0 Å². The summed E-state index contributed by atoms with van der Waals surface area (Å²) in [4.78, 5) is 28.5. The maximum Gasteiger partial charge on any atom is 0.411 e. The summed E-state index contributed by atoms with van der Waals surface area (Å²) in [6.45, 7) is 2.95. The third-order valence-corrected chi connectivity index (χ3v) is 6.51. The van der Waals surface area contributed by atoms with E-state index >= 15 is 0 Å². The number of carbonyl (C=O) groups excluding carboxylic acids is 2. The molecule has 2 aromatic carbocycles. The molecule has 4 N–H and O–H groups in total. The lowest BCUT2D eigenvalue weighted by molar-refractivity contribution is -0.163. The Kier molecular flexibility index (Phi) is 6.40. The minimum absolute atomic E-state index is 0.0261. The van der Waals surface area contributed by atoms with E-state index < -0.39 is 29.4 Å². The average molecular weight is 555 g/mol. The number of hydrogen-bond acceptors (Lipinski definition) is 7. The number of ether oxygens (including phenoxy) is 1. The molecule has 1 saturated carbocycles. The van der Waals surface area contributed by atoms with Gasteiger partial charge in [0.15, 0.2) is 11.6 Å². The molecule has 2 aromatic heterocycles. The van der Waals surface area contributed by atoms with E-state index in [1.165, 1.54) is 48.4 Å². The Morgan fingerprint density at radius 1 is 1.12 bits per heavy atom. The molecule has 2 heterocycles. The largest absolute Gasteiger partial charge is 0.496 e. The number of rotatable bonds is 7. The van der Waals surface area contributed by atoms with Crippen molar-refractivity contribution in [2.75, 3.05) is 18.2 Å². The molecule has 14 heteroatoms. The van der Waals surface area contributed by atoms with Crippen molar-refractivity contribution in [1.82, 2.24) is 25.1 Å². The van der Waals surface area contributed by atoms with Crippen LogP contribution in [0.4, 0.5) is 29.1 Å². The van der Waals surface area contributed by atoms with E-state index in [-0.39, 0.29) is 30.0 Å². The molecule has 4 aromatic rings. The molecule has 0 aliphatic heterocycles. The number of anilines is 2. The summed E-state index contributed by atoms with van der Waals surface area (Å²) in [5.41, 5.74) is 6.32. The number of hydrogen-bond donors (Lipinski definition) is 3. The van der Waals surface area contributed by atoms with Crippen molar-refractivity contribution in [3.05, 3.63) is 66.8 Å². The second-order valence-corrected chi connectivity index (χ2v) is 9.09. The number of nitrogen functional groups attached to an aromatic ring is 1. The van der Waals surface area contributed by atoms with Gasteiger partial charge >= 0.3 is 6.18 Å². The first-order valence-electron chi connectivity index (χ1n) is 11.8. The summed E-state index contributed by atoms with van der Waals surface area (Å²) < 4.78 is 59.9. The lowest BCUT2D eigenvalue weighted by Crippen LogP contribution is -2.47. The molecule has 0 unspecified atom stereocenters. The zero-order valence-corrected chi connectivity index (χ0v) is 20.8. The fraction of sp³-hybridized carbons (Fsp3) is 0.192. The van der Waals surface area contributed by atoms with Crippen molar-refractivity contribution in [2.45, 2.75) is 24.6 Å². The van der Waals surface area contributed by atoms with Crippen LogP contribution in [-0.2, 0) is 4.79 Å². The van der Waals surface area contributed by atoms with E-state index in [0.717, 1.165) is 0 Å². The first-order valence-corrected chi connectivity index (χ1v) is 11.8. The predicted octanol–water partition coefficient (Wildman–Crippen LogP) is 4.30. The van der Waals surface area contributed by atoms with Gasteiger partial charge in [0.25, 0.3) is 11.8 Å². The monoisotopic (exact) mass is 555 g/mol. The topological polar surface area (TPSA) is 137 Å². The van der Waals surface area contributed by atoms with Gasteiger partial charge in [-0.1, -0.05) is 24.8 Å². The number of nitrogens with two attached hydrogens (primary N) is 1. The normalized spacial score (nSPS) is 14.0. The van der Waals surface area contributed by atoms with Gasteiger partial charge in [-0.2, -0.15) is 13.2 Å². The number of halogens is 4. The van der Waals surface area contributed by atoms with Gasteiger partial charge in [0.05, 0.1) is 12.7 Å². The second kappa shape index (κ2) is 9.63. The number of nitrogens with zero attached hydrogens (tertiary/aromatic N) is 4. The Morgan fingerprint density at radius 3 is 2.40 bits per heavy atom. The maximum atomic E-state index is 13.4. The fourth-order valence-electron chi connectivity index (χ4n) is 4.23. The molecule has 0 atom stereocenters. The Balaban J connectivity index is 1.57. The predicted molar refractivity (Wildman–Crippen MR) is 137 cm³/mol. The molecular weight excluding hydrogens is 534 g/mol. The van der Waals surface area contributed by atoms with Crippen LogP contribution in [0.3, 0.4) is 0 Å². The molecule has 10 nitrogen and oxygen atoms in total. The molecule has 0 bridgehead atoms. The quantitative estimate of drug-likeness (QED) is 0.229. The molecule has 1 aliphatic carbocycles. The third kappa shape index (κ3) is 4.67. The highest BCUT2D eigenvalue weighted by Crippen LogP contribution is 2.49. The van der Waals surface area contributed by atoms with E-state index in [2.05, 4.69) is 32.4 Å². The number of methoxy groups -OCH3 is 1. The number of amides is 2. The van der Waals surface area contributed by atoms with Gasteiger partial charge in [-0.25, -0.2) is 9.37 Å². The number of aromatic nitrogens is 4. The number of fused-ring (bicyclic) bond motifs is 1. The molecule has 0 radical (unpaired) electrons. The molecule has 1 fully saturated rings. The molecule has 2 amide bonds. The molecule has 5 rings (SSSR count). The average Bonchev–Trinajstić information content (AvgIpc) is 3.60. The zero-order chi connectivity index (χ0) is 28.8. The van der Waals surface area contributed by atoms with Crippen LogP contribution in [-0.4, -0.2) is 50.5 Å². The van der Waals surface area contributed by atoms with Gasteiger partial charge in [0, 0.05) is 16.8 Å². The molecule has 40 heavy (non-hydrogen) atoms. The molecule has 1 aliphatic rings. The summed E-state index contributed by atoms with van der Waals surface area (Å²) in [5, 5.41) is 13.1. The van der Waals surface area contributed by atoms with E-state index in [9.17, 15) is 27.2 Å². The molecule has 206 valence electrons. The Labute approximate surface area is 223 Å². The highest BCUT2D eigenvalue weighted by Gasteiger charge is 2.64. The van der Waals surface area contributed by atoms with Crippen LogP contribution in [0.25, 0.3) is 27.9 Å². The van der Waals surface area contributed by atoms with Gasteiger partial charge in [0.2, 0.25) is 0 Å². The van der Waals surface area contributed by atoms with Crippen LogP contribution in [0.5, 0.6) is 5.75 Å². The zero-order valence-electron chi connectivity index (χ0n) is 20.8. The summed E-state index contributed by atoms with van der Waals surface area (Å²) in [7, 11) is 1.29. The highest BCUT2D eigenvalue weighted by molar-refractivity contribution is 6.02. The highest BCUT2D eigenvalue weighted by atomic mass is 19.4. The Bertz CT molecular complexity index is 1660. The number of benzene rings is 2. The number of alkyl halides is 3. The van der Waals surface area contributed by atoms with Gasteiger partial charge in [-0.15, -0.1) is 14.8 Å². The van der Waals surface area contributed by atoms with Gasteiger partial charge in [-0.3, -0.25) is 9.59 Å². The summed E-state index contributed by atoms with van der Waals surface area (Å²) in [6, 6.07) is 10.7. The van der Waals surface area contributed by atoms with Crippen molar-refractivity contribution >= 4 is 28.8 Å². The number of carbonyl (C=O) groups is 2. The van der Waals surface area contributed by atoms with Crippen molar-refractivity contribution in [1.29, 1.82) is 0 Å². The molecule has 0 saturated heterocycles. The summed E-state index contributed by atoms with van der Waals surface area (Å²) in [6.07, 6.45) is -3.75. The van der Waals surface area contributed by atoms with E-state index in [1.807, 2.05) is 0 Å². The van der Waals surface area contributed by atoms with Crippen molar-refractivity contribution < 1.29 is 31.9 Å². The minimum Gasteiger partial charge on any atom is -0.496 e. The first-order chi connectivity index (χ1) is 18.9. The van der Waals surface area contributed by atoms with E-state index in [4.69, 9.17) is 10.5 Å². The third-order valence-electron chi connectivity index (χ3n) is 6.51. The summed E-state index contributed by atoms with van der Waals surface area (Å²) in [5.74, 6) is -2.93. The molecular formula is C26H21F4N7O3. The van der Waals surface area contributed by atoms with Gasteiger partial charge in [0.1, 0.15) is 28.8 Å². The second-order valence-electron chi connectivity index (χ2n) is 9.09. The van der Waals surface area contributed by atoms with Crippen LogP contribution in [0.1, 0.15) is 23.2 Å². The van der Waals surface area contributed by atoms with Crippen LogP contribution in [0, 0.1) is 0 Å². The molecule has 0 spiro atoms. The SMILES string of the molecule is C=C(F)C(=O)Nc1ccc(-c2nn3ncnc(N)c3c2-c2ccc(C(=O)NC3(C(F)(F)F)CC3)c(OC)c2)cc1. The number of nitrogens with one attached hydrogen (secondary N) is 2. The maximum absolute atomic E-state index is 13.4. The van der Waals surface area contributed by atoms with Crippen LogP contribution < -0.4 is 21.1 Å².